The number of imidazole rings is 1. The number of halogens is 1. The van der Waals surface area contributed by atoms with Gasteiger partial charge in [0, 0.05) is 29.1 Å². The van der Waals surface area contributed by atoms with E-state index in [1.807, 2.05) is 60.2 Å². The molecule has 0 bridgehead atoms. The summed E-state index contributed by atoms with van der Waals surface area (Å²) in [5.74, 6) is 1.43. The number of nitrogens with two attached hydrogens (primary N) is 1. The molecule has 0 spiro atoms. The van der Waals surface area contributed by atoms with Gasteiger partial charge in [0.25, 0.3) is 0 Å². The third kappa shape index (κ3) is 4.57. The zero-order valence-electron chi connectivity index (χ0n) is 16.7. The number of hydrogen-bond donors (Lipinski definition) is 3. The topological polar surface area (TPSA) is 82.8 Å². The van der Waals surface area contributed by atoms with Crippen LogP contribution in [0.1, 0.15) is 22.3 Å². The molecule has 0 fully saturated rings. The van der Waals surface area contributed by atoms with Crippen LogP contribution in [-0.4, -0.2) is 20.8 Å². The van der Waals surface area contributed by atoms with Crippen LogP contribution in [0.25, 0.3) is 22.2 Å². The standard InChI is InChI=1S/C24H21N5S.HI/c25-24(22-11-6-12-30-22)29-20(18-14-26-19-10-5-4-9-17(18)19)13-23-27-15-21(28-23)16-7-2-1-3-8-16;/h1-12,14-15,20,26H,13H2,(H2,25,29)(H,27,28);1H. The van der Waals surface area contributed by atoms with Gasteiger partial charge in [-0.3, -0.25) is 4.99 Å². The lowest BCUT2D eigenvalue weighted by molar-refractivity contribution is 0.702. The molecule has 0 saturated heterocycles. The number of thiophene rings is 1. The van der Waals surface area contributed by atoms with Crippen LogP contribution in [-0.2, 0) is 6.42 Å². The molecule has 0 radical (unpaired) electrons. The van der Waals surface area contributed by atoms with E-state index in [4.69, 9.17) is 10.7 Å². The van der Waals surface area contributed by atoms with Crippen LogP contribution in [0.3, 0.4) is 0 Å². The molecule has 2 aromatic carbocycles. The molecule has 3 aromatic heterocycles. The van der Waals surface area contributed by atoms with Gasteiger partial charge in [-0.15, -0.1) is 35.3 Å². The zero-order chi connectivity index (χ0) is 20.3. The highest BCUT2D eigenvalue weighted by Gasteiger charge is 2.19. The number of H-pyrrole nitrogens is 2. The fraction of sp³-hybridized carbons (Fsp3) is 0.0833. The lowest BCUT2D eigenvalue weighted by Crippen LogP contribution is -2.15. The van der Waals surface area contributed by atoms with Gasteiger partial charge in [-0.2, -0.15) is 0 Å². The highest BCUT2D eigenvalue weighted by molar-refractivity contribution is 14.0. The molecule has 1 atom stereocenters. The monoisotopic (exact) mass is 539 g/mol. The lowest BCUT2D eigenvalue weighted by Gasteiger charge is -2.12. The summed E-state index contributed by atoms with van der Waals surface area (Å²) in [5, 5.41) is 3.16. The summed E-state index contributed by atoms with van der Waals surface area (Å²) in [6, 6.07) is 22.3. The van der Waals surface area contributed by atoms with E-state index in [9.17, 15) is 0 Å². The number of amidine groups is 1. The summed E-state index contributed by atoms with van der Waals surface area (Å²) < 4.78 is 0. The van der Waals surface area contributed by atoms with Crippen LogP contribution in [0.2, 0.25) is 0 Å². The van der Waals surface area contributed by atoms with Crippen molar-refractivity contribution in [3.05, 3.63) is 101 Å². The smallest absolute Gasteiger partial charge is 0.136 e. The fourth-order valence-corrected chi connectivity index (χ4v) is 4.30. The molecule has 0 amide bonds. The molecule has 0 aliphatic rings. The van der Waals surface area contributed by atoms with E-state index in [-0.39, 0.29) is 30.0 Å². The molecule has 31 heavy (non-hydrogen) atoms. The molecule has 7 heteroatoms. The third-order valence-corrected chi connectivity index (χ3v) is 6.04. The van der Waals surface area contributed by atoms with Gasteiger partial charge in [-0.25, -0.2) is 4.98 Å². The van der Waals surface area contributed by atoms with Crippen LogP contribution in [0.4, 0.5) is 0 Å². The Morgan fingerprint density at radius 1 is 1.03 bits per heavy atom. The molecule has 5 nitrogen and oxygen atoms in total. The average Bonchev–Trinajstić information content (AvgIpc) is 3.54. The zero-order valence-corrected chi connectivity index (χ0v) is 19.8. The quantitative estimate of drug-likeness (QED) is 0.142. The van der Waals surface area contributed by atoms with Crippen LogP contribution >= 0.6 is 35.3 Å². The highest BCUT2D eigenvalue weighted by Crippen LogP contribution is 2.30. The molecule has 0 aliphatic carbocycles. The number of benzene rings is 2. The van der Waals surface area contributed by atoms with Gasteiger partial charge in [0.1, 0.15) is 11.7 Å². The predicted octanol–water partition coefficient (Wildman–Crippen LogP) is 5.93. The minimum Gasteiger partial charge on any atom is -0.383 e. The van der Waals surface area contributed by atoms with Gasteiger partial charge in [0.15, 0.2) is 0 Å². The van der Waals surface area contributed by atoms with Crippen molar-refractivity contribution in [2.24, 2.45) is 10.7 Å². The second-order valence-corrected chi connectivity index (χ2v) is 8.06. The van der Waals surface area contributed by atoms with E-state index in [1.54, 1.807) is 11.3 Å². The minimum atomic E-state index is -0.155. The van der Waals surface area contributed by atoms with E-state index in [1.165, 1.54) is 0 Å². The Balaban J connectivity index is 0.00000231. The summed E-state index contributed by atoms with van der Waals surface area (Å²) >= 11 is 1.59. The number of rotatable bonds is 6. The largest absolute Gasteiger partial charge is 0.383 e. The third-order valence-electron chi connectivity index (χ3n) is 5.15. The molecule has 0 saturated carbocycles. The molecule has 0 aliphatic heterocycles. The molecule has 4 N–H and O–H groups in total. The van der Waals surface area contributed by atoms with E-state index in [2.05, 4.69) is 39.2 Å². The number of aliphatic imine (C=N–C) groups is 1. The fourth-order valence-electron chi connectivity index (χ4n) is 3.66. The molecule has 5 rings (SSSR count). The Morgan fingerprint density at radius 2 is 1.84 bits per heavy atom. The molecular weight excluding hydrogens is 517 g/mol. The maximum atomic E-state index is 6.36. The number of nitrogens with one attached hydrogen (secondary N) is 2. The van der Waals surface area contributed by atoms with Crippen molar-refractivity contribution >= 4 is 52.1 Å². The van der Waals surface area contributed by atoms with E-state index < -0.39 is 0 Å². The first-order valence-corrected chi connectivity index (χ1v) is 10.7. The van der Waals surface area contributed by atoms with Crippen molar-refractivity contribution in [2.45, 2.75) is 12.5 Å². The van der Waals surface area contributed by atoms with Gasteiger partial charge in [0.05, 0.1) is 22.8 Å². The summed E-state index contributed by atoms with van der Waals surface area (Å²) in [4.78, 5) is 17.3. The van der Waals surface area contributed by atoms with Crippen molar-refractivity contribution in [3.8, 4) is 11.3 Å². The van der Waals surface area contributed by atoms with Crippen molar-refractivity contribution in [1.29, 1.82) is 0 Å². The Hall–Kier alpha value is -2.91. The molecular formula is C24H22IN5S. The number of nitrogens with zero attached hydrogens (tertiary/aromatic N) is 2. The van der Waals surface area contributed by atoms with E-state index in [0.717, 1.165) is 38.4 Å². The first-order valence-electron chi connectivity index (χ1n) is 9.80. The van der Waals surface area contributed by atoms with Gasteiger partial charge < -0.3 is 15.7 Å². The summed E-state index contributed by atoms with van der Waals surface area (Å²) in [5.41, 5.74) is 10.7. The minimum absolute atomic E-state index is 0. The number of hydrogen-bond acceptors (Lipinski definition) is 3. The van der Waals surface area contributed by atoms with Gasteiger partial charge in [-0.05, 0) is 23.1 Å². The van der Waals surface area contributed by atoms with Crippen molar-refractivity contribution in [1.82, 2.24) is 15.0 Å². The SMILES string of the molecule is I.NC(=NC(Cc1ncc(-c2ccccc2)[nH]1)c1c[nH]c2ccccc12)c1cccs1. The number of aromatic amines is 2. The summed E-state index contributed by atoms with van der Waals surface area (Å²) in [6.07, 6.45) is 4.53. The van der Waals surface area contributed by atoms with E-state index in [0.29, 0.717) is 12.3 Å². The molecule has 156 valence electrons. The van der Waals surface area contributed by atoms with Crippen LogP contribution in [0.15, 0.2) is 89.5 Å². The average molecular weight is 539 g/mol. The van der Waals surface area contributed by atoms with Crippen LogP contribution < -0.4 is 5.73 Å². The van der Waals surface area contributed by atoms with Crippen molar-refractivity contribution < 1.29 is 0 Å². The van der Waals surface area contributed by atoms with Crippen LogP contribution in [0.5, 0.6) is 0 Å². The first kappa shape index (κ1) is 21.3. The number of para-hydroxylation sites is 1. The number of aromatic nitrogens is 3. The summed E-state index contributed by atoms with van der Waals surface area (Å²) in [7, 11) is 0. The van der Waals surface area contributed by atoms with Crippen molar-refractivity contribution in [3.63, 3.8) is 0 Å². The van der Waals surface area contributed by atoms with Gasteiger partial charge in [-0.1, -0.05) is 54.6 Å². The molecule has 1 unspecified atom stereocenters. The van der Waals surface area contributed by atoms with Crippen molar-refractivity contribution in [2.75, 3.05) is 0 Å². The first-order chi connectivity index (χ1) is 14.8. The normalized spacial score (nSPS) is 12.6. The highest BCUT2D eigenvalue weighted by atomic mass is 127. The summed E-state index contributed by atoms with van der Waals surface area (Å²) in [6.45, 7) is 0. The Labute approximate surface area is 201 Å². The Kier molecular flexibility index (Phi) is 6.53. The maximum Gasteiger partial charge on any atom is 0.136 e. The lowest BCUT2D eigenvalue weighted by atomic mass is 10.0. The molecule has 5 aromatic rings. The second-order valence-electron chi connectivity index (χ2n) is 7.11. The Morgan fingerprint density at radius 3 is 2.65 bits per heavy atom. The van der Waals surface area contributed by atoms with E-state index >= 15 is 0 Å². The van der Waals surface area contributed by atoms with Crippen LogP contribution in [0, 0.1) is 0 Å². The molecule has 3 heterocycles. The van der Waals surface area contributed by atoms with Gasteiger partial charge >= 0.3 is 0 Å². The Bertz CT molecular complexity index is 1290. The second kappa shape index (κ2) is 9.49. The number of fused-ring (bicyclic) bond motifs is 1. The van der Waals surface area contributed by atoms with Gasteiger partial charge in [0.2, 0.25) is 0 Å². The maximum absolute atomic E-state index is 6.36. The predicted molar refractivity (Wildman–Crippen MR) is 139 cm³/mol.